The first-order valence-electron chi connectivity index (χ1n) is 6.97. The van der Waals surface area contributed by atoms with Crippen molar-refractivity contribution in [3.05, 3.63) is 58.1 Å². The Bertz CT molecular complexity index is 574. The third-order valence-electron chi connectivity index (χ3n) is 4.08. The molecule has 1 N–H and O–H groups in total. The van der Waals surface area contributed by atoms with Gasteiger partial charge in [-0.05, 0) is 79.8 Å². The van der Waals surface area contributed by atoms with E-state index in [0.717, 1.165) is 18.0 Å². The van der Waals surface area contributed by atoms with Gasteiger partial charge < -0.3 is 10.1 Å². The maximum absolute atomic E-state index is 5.17. The van der Waals surface area contributed by atoms with E-state index in [0.29, 0.717) is 0 Å². The van der Waals surface area contributed by atoms with Crippen LogP contribution in [0, 0.1) is 27.7 Å². The molecule has 0 heterocycles. The van der Waals surface area contributed by atoms with Crippen LogP contribution in [-0.2, 0) is 6.54 Å². The zero-order valence-electron chi connectivity index (χ0n) is 13.0. The lowest BCUT2D eigenvalue weighted by molar-refractivity contribution is 0.415. The minimum absolute atomic E-state index is 0.854. The molecule has 20 heavy (non-hydrogen) atoms. The van der Waals surface area contributed by atoms with Crippen molar-refractivity contribution in [1.82, 2.24) is 0 Å². The summed E-state index contributed by atoms with van der Waals surface area (Å²) in [6, 6.07) is 10.3. The summed E-state index contributed by atoms with van der Waals surface area (Å²) in [6.07, 6.45) is 0. The van der Waals surface area contributed by atoms with Crippen molar-refractivity contribution in [2.24, 2.45) is 0 Å². The van der Waals surface area contributed by atoms with Crippen LogP contribution in [0.1, 0.15) is 27.8 Å². The van der Waals surface area contributed by atoms with Crippen LogP contribution >= 0.6 is 0 Å². The van der Waals surface area contributed by atoms with Gasteiger partial charge >= 0.3 is 0 Å². The lowest BCUT2D eigenvalue weighted by Crippen LogP contribution is -2.06. The Morgan fingerprint density at radius 3 is 1.95 bits per heavy atom. The van der Waals surface area contributed by atoms with Gasteiger partial charge in [-0.25, -0.2) is 0 Å². The average molecular weight is 269 g/mol. The molecule has 2 heteroatoms. The van der Waals surface area contributed by atoms with E-state index in [1.54, 1.807) is 7.11 Å². The molecule has 0 fully saturated rings. The van der Waals surface area contributed by atoms with Gasteiger partial charge in [-0.15, -0.1) is 0 Å². The zero-order chi connectivity index (χ0) is 14.7. The first-order valence-corrected chi connectivity index (χ1v) is 6.97. The summed E-state index contributed by atoms with van der Waals surface area (Å²) in [6.45, 7) is 9.61. The van der Waals surface area contributed by atoms with Crippen molar-refractivity contribution in [2.45, 2.75) is 34.2 Å². The minimum Gasteiger partial charge on any atom is -0.497 e. The highest BCUT2D eigenvalue weighted by molar-refractivity contribution is 5.50. The molecule has 2 aromatic rings. The molecular formula is C18H23NO. The number of hydrogen-bond acceptors (Lipinski definition) is 2. The number of ether oxygens (including phenoxy) is 1. The van der Waals surface area contributed by atoms with Gasteiger partial charge in [0.15, 0.2) is 0 Å². The Balaban J connectivity index is 2.18. The van der Waals surface area contributed by atoms with Crippen molar-refractivity contribution in [3.8, 4) is 5.75 Å². The first kappa shape index (κ1) is 14.4. The van der Waals surface area contributed by atoms with Crippen LogP contribution in [0.3, 0.4) is 0 Å². The summed E-state index contributed by atoms with van der Waals surface area (Å²) in [5.41, 5.74) is 8.00. The Labute approximate surface area is 121 Å². The van der Waals surface area contributed by atoms with Crippen molar-refractivity contribution in [2.75, 3.05) is 12.4 Å². The summed E-state index contributed by atoms with van der Waals surface area (Å²) in [5.74, 6) is 0.884. The van der Waals surface area contributed by atoms with Crippen LogP contribution in [0.5, 0.6) is 5.75 Å². The molecule has 2 nitrogen and oxygen atoms in total. The van der Waals surface area contributed by atoms with E-state index in [2.05, 4.69) is 39.1 Å². The van der Waals surface area contributed by atoms with Gasteiger partial charge in [-0.1, -0.05) is 6.07 Å². The Hall–Kier alpha value is -1.96. The fourth-order valence-electron chi connectivity index (χ4n) is 2.46. The van der Waals surface area contributed by atoms with Crippen LogP contribution in [0.15, 0.2) is 30.3 Å². The molecule has 2 aromatic carbocycles. The molecule has 2 rings (SSSR count). The van der Waals surface area contributed by atoms with Crippen LogP contribution in [0.4, 0.5) is 5.69 Å². The van der Waals surface area contributed by atoms with Crippen LogP contribution in [0.25, 0.3) is 0 Å². The van der Waals surface area contributed by atoms with E-state index in [9.17, 15) is 0 Å². The standard InChI is InChI=1S/C18H23NO/c1-12-10-13(2)15(4)18(14(12)3)11-19-16-6-8-17(20-5)9-7-16/h6-10,19H,11H2,1-5H3. The van der Waals surface area contributed by atoms with E-state index in [1.165, 1.54) is 27.8 Å². The third-order valence-corrected chi connectivity index (χ3v) is 4.08. The van der Waals surface area contributed by atoms with Gasteiger partial charge in [0.2, 0.25) is 0 Å². The third kappa shape index (κ3) is 2.96. The number of methoxy groups -OCH3 is 1. The zero-order valence-corrected chi connectivity index (χ0v) is 13.0. The second kappa shape index (κ2) is 6.00. The lowest BCUT2D eigenvalue weighted by atomic mass is 9.94. The van der Waals surface area contributed by atoms with E-state index in [4.69, 9.17) is 4.74 Å². The van der Waals surface area contributed by atoms with Crippen LogP contribution < -0.4 is 10.1 Å². The Morgan fingerprint density at radius 2 is 1.45 bits per heavy atom. The van der Waals surface area contributed by atoms with Crippen LogP contribution in [0.2, 0.25) is 0 Å². The molecule has 0 radical (unpaired) electrons. The van der Waals surface area contributed by atoms with Crippen molar-refractivity contribution < 1.29 is 4.74 Å². The summed E-state index contributed by atoms with van der Waals surface area (Å²) in [7, 11) is 1.69. The molecule has 0 aliphatic carbocycles. The minimum atomic E-state index is 0.854. The normalized spacial score (nSPS) is 10.4. The average Bonchev–Trinajstić information content (AvgIpc) is 2.46. The Kier molecular flexibility index (Phi) is 4.33. The lowest BCUT2D eigenvalue weighted by Gasteiger charge is -2.16. The molecule has 0 spiro atoms. The highest BCUT2D eigenvalue weighted by Gasteiger charge is 2.08. The molecule has 0 bridgehead atoms. The van der Waals surface area contributed by atoms with Gasteiger partial charge in [0, 0.05) is 12.2 Å². The number of nitrogens with one attached hydrogen (secondary N) is 1. The predicted octanol–water partition coefficient (Wildman–Crippen LogP) is 4.54. The summed E-state index contributed by atoms with van der Waals surface area (Å²) < 4.78 is 5.17. The topological polar surface area (TPSA) is 21.3 Å². The molecule has 0 atom stereocenters. The number of benzene rings is 2. The van der Waals surface area contributed by atoms with E-state index in [1.807, 2.05) is 24.3 Å². The molecule has 0 aliphatic rings. The summed E-state index contributed by atoms with van der Waals surface area (Å²) in [4.78, 5) is 0. The second-order valence-corrected chi connectivity index (χ2v) is 5.32. The fourth-order valence-corrected chi connectivity index (χ4v) is 2.46. The molecule has 0 amide bonds. The van der Waals surface area contributed by atoms with Gasteiger partial charge in [-0.3, -0.25) is 0 Å². The predicted molar refractivity (Wildman–Crippen MR) is 85.7 cm³/mol. The summed E-state index contributed by atoms with van der Waals surface area (Å²) >= 11 is 0. The number of rotatable bonds is 4. The number of aryl methyl sites for hydroxylation is 2. The largest absolute Gasteiger partial charge is 0.497 e. The molecule has 0 saturated carbocycles. The fraction of sp³-hybridized carbons (Fsp3) is 0.333. The highest BCUT2D eigenvalue weighted by atomic mass is 16.5. The van der Waals surface area contributed by atoms with Gasteiger partial charge in [0.25, 0.3) is 0 Å². The molecule has 0 aromatic heterocycles. The summed E-state index contributed by atoms with van der Waals surface area (Å²) in [5, 5.41) is 3.49. The van der Waals surface area contributed by atoms with Gasteiger partial charge in [-0.2, -0.15) is 0 Å². The number of anilines is 1. The monoisotopic (exact) mass is 269 g/mol. The van der Waals surface area contributed by atoms with Crippen LogP contribution in [-0.4, -0.2) is 7.11 Å². The smallest absolute Gasteiger partial charge is 0.119 e. The maximum Gasteiger partial charge on any atom is 0.119 e. The van der Waals surface area contributed by atoms with E-state index >= 15 is 0 Å². The molecule has 0 saturated heterocycles. The number of hydrogen-bond donors (Lipinski definition) is 1. The molecule has 0 unspecified atom stereocenters. The second-order valence-electron chi connectivity index (χ2n) is 5.32. The molecule has 106 valence electrons. The Morgan fingerprint density at radius 1 is 0.900 bits per heavy atom. The highest BCUT2D eigenvalue weighted by Crippen LogP contribution is 2.23. The SMILES string of the molecule is COc1ccc(NCc2c(C)c(C)cc(C)c2C)cc1. The van der Waals surface area contributed by atoms with Crippen molar-refractivity contribution in [3.63, 3.8) is 0 Å². The molecule has 0 aliphatic heterocycles. The van der Waals surface area contributed by atoms with E-state index in [-0.39, 0.29) is 0 Å². The van der Waals surface area contributed by atoms with Gasteiger partial charge in [0.1, 0.15) is 5.75 Å². The van der Waals surface area contributed by atoms with Crippen molar-refractivity contribution >= 4 is 5.69 Å². The van der Waals surface area contributed by atoms with Gasteiger partial charge in [0.05, 0.1) is 7.11 Å². The maximum atomic E-state index is 5.17. The quantitative estimate of drug-likeness (QED) is 0.879. The molecular weight excluding hydrogens is 246 g/mol. The van der Waals surface area contributed by atoms with Crippen molar-refractivity contribution in [1.29, 1.82) is 0 Å². The van der Waals surface area contributed by atoms with E-state index < -0.39 is 0 Å². The first-order chi connectivity index (χ1) is 9.52.